The fraction of sp³-hybridized carbons (Fsp3) is 0.250. The van der Waals surface area contributed by atoms with Gasteiger partial charge in [0.15, 0.2) is 5.15 Å². The zero-order chi connectivity index (χ0) is 9.84. The lowest BCUT2D eigenvalue weighted by atomic mass is 10.2. The van der Waals surface area contributed by atoms with Crippen molar-refractivity contribution in [3.05, 3.63) is 21.9 Å². The van der Waals surface area contributed by atoms with Crippen molar-refractivity contribution < 1.29 is 4.79 Å². The van der Waals surface area contributed by atoms with Gasteiger partial charge in [-0.2, -0.15) is 0 Å². The molecule has 0 fully saturated rings. The Hall–Kier alpha value is -0.800. The number of halogens is 2. The van der Waals surface area contributed by atoms with E-state index in [-0.39, 0.29) is 5.15 Å². The Morgan fingerprint density at radius 2 is 2.31 bits per heavy atom. The van der Waals surface area contributed by atoms with Gasteiger partial charge >= 0.3 is 0 Å². The van der Waals surface area contributed by atoms with Crippen molar-refractivity contribution in [2.45, 2.75) is 13.3 Å². The minimum Gasteiger partial charge on any atom is -0.326 e. The Labute approximate surface area is 86.1 Å². The summed E-state index contributed by atoms with van der Waals surface area (Å²) in [6, 6.07) is 1.68. The number of aryl methyl sites for hydroxylation is 1. The van der Waals surface area contributed by atoms with Crippen LogP contribution in [0.25, 0.3) is 0 Å². The fourth-order valence-electron chi connectivity index (χ4n) is 1.02. The molecule has 1 aromatic rings. The molecule has 0 saturated heterocycles. The highest BCUT2D eigenvalue weighted by atomic mass is 35.5. The molecule has 1 heterocycles. The monoisotopic (exact) mass is 218 g/mol. The van der Waals surface area contributed by atoms with Crippen molar-refractivity contribution in [2.75, 3.05) is 5.32 Å². The summed E-state index contributed by atoms with van der Waals surface area (Å²) in [5, 5.41) is 3.04. The van der Waals surface area contributed by atoms with Gasteiger partial charge in [0.2, 0.25) is 6.41 Å². The van der Waals surface area contributed by atoms with Gasteiger partial charge in [0.1, 0.15) is 5.15 Å². The van der Waals surface area contributed by atoms with Crippen LogP contribution >= 0.6 is 23.2 Å². The predicted octanol–water partition coefficient (Wildman–Crippen LogP) is 2.52. The number of rotatable bonds is 3. The van der Waals surface area contributed by atoms with Crippen LogP contribution in [0, 0.1) is 0 Å². The number of hydrogen-bond donors (Lipinski definition) is 1. The molecule has 1 rings (SSSR count). The Morgan fingerprint density at radius 3 is 2.85 bits per heavy atom. The van der Waals surface area contributed by atoms with Crippen LogP contribution in [0.4, 0.5) is 5.69 Å². The summed E-state index contributed by atoms with van der Waals surface area (Å²) >= 11 is 11.5. The maximum atomic E-state index is 10.2. The molecule has 0 bridgehead atoms. The standard InChI is InChI=1S/C8H8Cl2N2O/c1-2-5-3-6(9)12-8(10)7(5)11-4-13/h3-4H,2H2,1H3,(H,11,13). The Morgan fingerprint density at radius 1 is 1.62 bits per heavy atom. The molecule has 13 heavy (non-hydrogen) atoms. The number of anilines is 1. The number of nitrogens with zero attached hydrogens (tertiary/aromatic N) is 1. The topological polar surface area (TPSA) is 42.0 Å². The minimum absolute atomic E-state index is 0.219. The first kappa shape index (κ1) is 10.3. The van der Waals surface area contributed by atoms with Gasteiger partial charge in [-0.25, -0.2) is 4.98 Å². The Kier molecular flexibility index (Phi) is 3.51. The van der Waals surface area contributed by atoms with E-state index in [9.17, 15) is 4.79 Å². The molecule has 5 heteroatoms. The highest BCUT2D eigenvalue weighted by Gasteiger charge is 2.08. The van der Waals surface area contributed by atoms with Gasteiger partial charge in [0.25, 0.3) is 0 Å². The maximum absolute atomic E-state index is 10.2. The SMILES string of the molecule is CCc1cc(Cl)nc(Cl)c1NC=O. The van der Waals surface area contributed by atoms with Crippen LogP contribution in [0.3, 0.4) is 0 Å². The van der Waals surface area contributed by atoms with E-state index in [1.165, 1.54) is 0 Å². The van der Waals surface area contributed by atoms with Gasteiger partial charge in [-0.15, -0.1) is 0 Å². The van der Waals surface area contributed by atoms with Gasteiger partial charge < -0.3 is 5.32 Å². The third kappa shape index (κ3) is 2.32. The zero-order valence-corrected chi connectivity index (χ0v) is 8.49. The molecule has 0 saturated carbocycles. The lowest BCUT2D eigenvalue weighted by molar-refractivity contribution is -0.105. The molecular formula is C8H8Cl2N2O. The quantitative estimate of drug-likeness (QED) is 0.626. The minimum atomic E-state index is 0.219. The van der Waals surface area contributed by atoms with E-state index in [0.717, 1.165) is 12.0 Å². The number of nitrogens with one attached hydrogen (secondary N) is 1. The van der Waals surface area contributed by atoms with Gasteiger partial charge in [-0.05, 0) is 18.1 Å². The van der Waals surface area contributed by atoms with E-state index in [1.54, 1.807) is 6.07 Å². The molecule has 0 unspecified atom stereocenters. The fourth-order valence-corrected chi connectivity index (χ4v) is 1.55. The molecule has 0 aliphatic carbocycles. The van der Waals surface area contributed by atoms with E-state index >= 15 is 0 Å². The lowest BCUT2D eigenvalue weighted by Crippen LogP contribution is -2.00. The number of hydrogen-bond acceptors (Lipinski definition) is 2. The molecule has 70 valence electrons. The number of carbonyl (C=O) groups is 1. The molecule has 0 radical (unpaired) electrons. The lowest BCUT2D eigenvalue weighted by Gasteiger charge is -2.07. The second kappa shape index (κ2) is 4.44. The van der Waals surface area contributed by atoms with Crippen molar-refractivity contribution in [1.82, 2.24) is 4.98 Å². The van der Waals surface area contributed by atoms with E-state index in [1.807, 2.05) is 6.92 Å². The van der Waals surface area contributed by atoms with Crippen molar-refractivity contribution >= 4 is 35.3 Å². The van der Waals surface area contributed by atoms with Gasteiger partial charge in [0, 0.05) is 0 Å². The highest BCUT2D eigenvalue weighted by molar-refractivity contribution is 6.34. The van der Waals surface area contributed by atoms with E-state index in [2.05, 4.69) is 10.3 Å². The average molecular weight is 219 g/mol. The normalized spacial score (nSPS) is 9.77. The molecule has 1 aromatic heterocycles. The van der Waals surface area contributed by atoms with E-state index < -0.39 is 0 Å². The van der Waals surface area contributed by atoms with Crippen molar-refractivity contribution in [2.24, 2.45) is 0 Å². The smallest absolute Gasteiger partial charge is 0.211 e. The van der Waals surface area contributed by atoms with Crippen LogP contribution < -0.4 is 5.32 Å². The van der Waals surface area contributed by atoms with Crippen LogP contribution in [-0.2, 0) is 11.2 Å². The summed E-state index contributed by atoms with van der Waals surface area (Å²) in [6.45, 7) is 1.94. The first-order chi connectivity index (χ1) is 6.19. The second-order valence-corrected chi connectivity index (χ2v) is 3.13. The summed E-state index contributed by atoms with van der Waals surface area (Å²) < 4.78 is 0. The Balaban J connectivity index is 3.20. The van der Waals surface area contributed by atoms with Crippen LogP contribution in [0.1, 0.15) is 12.5 Å². The predicted molar refractivity (Wildman–Crippen MR) is 53.3 cm³/mol. The first-order valence-corrected chi connectivity index (χ1v) is 4.49. The summed E-state index contributed by atoms with van der Waals surface area (Å²) in [5.41, 5.74) is 1.40. The molecular weight excluding hydrogens is 211 g/mol. The molecule has 0 spiro atoms. The highest BCUT2D eigenvalue weighted by Crippen LogP contribution is 2.26. The molecule has 0 aliphatic heterocycles. The number of aromatic nitrogens is 1. The van der Waals surface area contributed by atoms with E-state index in [4.69, 9.17) is 23.2 Å². The molecule has 0 aromatic carbocycles. The second-order valence-electron chi connectivity index (χ2n) is 2.39. The summed E-state index contributed by atoms with van der Waals surface area (Å²) in [6.07, 6.45) is 1.30. The van der Waals surface area contributed by atoms with Gasteiger partial charge in [-0.1, -0.05) is 30.1 Å². The third-order valence-corrected chi connectivity index (χ3v) is 2.08. The van der Waals surface area contributed by atoms with Crippen LogP contribution in [0.5, 0.6) is 0 Å². The van der Waals surface area contributed by atoms with E-state index in [0.29, 0.717) is 17.3 Å². The van der Waals surface area contributed by atoms with Gasteiger partial charge in [-0.3, -0.25) is 4.79 Å². The maximum Gasteiger partial charge on any atom is 0.211 e. The summed E-state index contributed by atoms with van der Waals surface area (Å²) in [5.74, 6) is 0. The zero-order valence-electron chi connectivity index (χ0n) is 6.97. The number of carbonyl (C=O) groups excluding carboxylic acids is 1. The molecule has 1 amide bonds. The van der Waals surface area contributed by atoms with Crippen LogP contribution in [-0.4, -0.2) is 11.4 Å². The largest absolute Gasteiger partial charge is 0.326 e. The molecule has 1 N–H and O–H groups in total. The molecule has 0 aliphatic rings. The number of amides is 1. The third-order valence-electron chi connectivity index (χ3n) is 1.61. The van der Waals surface area contributed by atoms with Crippen molar-refractivity contribution in [1.29, 1.82) is 0 Å². The van der Waals surface area contributed by atoms with Crippen molar-refractivity contribution in [3.63, 3.8) is 0 Å². The number of pyridine rings is 1. The average Bonchev–Trinajstić information content (AvgIpc) is 2.09. The first-order valence-electron chi connectivity index (χ1n) is 3.74. The van der Waals surface area contributed by atoms with Crippen LogP contribution in [0.2, 0.25) is 10.3 Å². The van der Waals surface area contributed by atoms with Crippen molar-refractivity contribution in [3.8, 4) is 0 Å². The van der Waals surface area contributed by atoms with Crippen LogP contribution in [0.15, 0.2) is 6.07 Å². The summed E-state index contributed by atoms with van der Waals surface area (Å²) in [4.78, 5) is 14.1. The van der Waals surface area contributed by atoms with Gasteiger partial charge in [0.05, 0.1) is 5.69 Å². The Bertz CT molecular complexity index is 328. The molecule has 0 atom stereocenters. The summed E-state index contributed by atoms with van der Waals surface area (Å²) in [7, 11) is 0. The molecule has 3 nitrogen and oxygen atoms in total.